The number of H-pyrrole nitrogens is 1. The maximum absolute atomic E-state index is 14.1. The standard InChI is InChI=1S/C15H10BrClFN3/c16-11-7-8(17)5-6-9(11)14-13(15(19)21-20-14)10-3-1-2-4-12(10)18/h1-7H,(H3,19,20,21). The Morgan fingerprint density at radius 1 is 1.14 bits per heavy atom. The minimum atomic E-state index is -0.350. The summed E-state index contributed by atoms with van der Waals surface area (Å²) in [5.41, 5.74) is 8.30. The van der Waals surface area contributed by atoms with Gasteiger partial charge in [0.2, 0.25) is 0 Å². The molecule has 0 fully saturated rings. The van der Waals surface area contributed by atoms with Crippen molar-refractivity contribution in [3.63, 3.8) is 0 Å². The van der Waals surface area contributed by atoms with Crippen molar-refractivity contribution in [1.29, 1.82) is 0 Å². The first-order chi connectivity index (χ1) is 10.1. The molecule has 0 unspecified atom stereocenters. The summed E-state index contributed by atoms with van der Waals surface area (Å²) in [6.45, 7) is 0. The molecule has 0 aliphatic carbocycles. The summed E-state index contributed by atoms with van der Waals surface area (Å²) in [7, 11) is 0. The number of hydrogen-bond donors (Lipinski definition) is 2. The van der Waals surface area contributed by atoms with E-state index < -0.39 is 0 Å². The van der Waals surface area contributed by atoms with Crippen molar-refractivity contribution in [3.05, 3.63) is 57.8 Å². The second-order valence-corrected chi connectivity index (χ2v) is 5.75. The monoisotopic (exact) mass is 365 g/mol. The second-order valence-electron chi connectivity index (χ2n) is 4.46. The van der Waals surface area contributed by atoms with Crippen LogP contribution in [0.2, 0.25) is 5.02 Å². The summed E-state index contributed by atoms with van der Waals surface area (Å²) in [5, 5.41) is 7.47. The van der Waals surface area contributed by atoms with E-state index in [2.05, 4.69) is 26.1 Å². The Labute approximate surface area is 134 Å². The van der Waals surface area contributed by atoms with Gasteiger partial charge < -0.3 is 5.73 Å². The van der Waals surface area contributed by atoms with Crippen molar-refractivity contribution < 1.29 is 4.39 Å². The fourth-order valence-corrected chi connectivity index (χ4v) is 3.06. The van der Waals surface area contributed by atoms with Crippen LogP contribution in [0.1, 0.15) is 0 Å². The van der Waals surface area contributed by atoms with Gasteiger partial charge in [0.15, 0.2) is 5.82 Å². The number of nitrogens with one attached hydrogen (secondary N) is 1. The van der Waals surface area contributed by atoms with E-state index in [9.17, 15) is 4.39 Å². The quantitative estimate of drug-likeness (QED) is 0.679. The average molecular weight is 367 g/mol. The molecular weight excluding hydrogens is 357 g/mol. The first-order valence-electron chi connectivity index (χ1n) is 6.12. The molecule has 3 N–H and O–H groups in total. The van der Waals surface area contributed by atoms with Crippen LogP contribution in [-0.2, 0) is 0 Å². The lowest BCUT2D eigenvalue weighted by atomic mass is 10.0. The zero-order chi connectivity index (χ0) is 15.0. The average Bonchev–Trinajstić information content (AvgIpc) is 2.81. The van der Waals surface area contributed by atoms with Gasteiger partial charge >= 0.3 is 0 Å². The van der Waals surface area contributed by atoms with E-state index >= 15 is 0 Å². The summed E-state index contributed by atoms with van der Waals surface area (Å²) in [6, 6.07) is 11.8. The van der Waals surface area contributed by atoms with Gasteiger partial charge in [0, 0.05) is 20.6 Å². The number of rotatable bonds is 2. The molecule has 0 saturated carbocycles. The first kappa shape index (κ1) is 14.1. The highest BCUT2D eigenvalue weighted by Crippen LogP contribution is 2.39. The van der Waals surface area contributed by atoms with Gasteiger partial charge in [-0.2, -0.15) is 5.10 Å². The molecule has 3 nitrogen and oxygen atoms in total. The number of aromatic amines is 1. The van der Waals surface area contributed by atoms with E-state index in [0.29, 0.717) is 21.8 Å². The molecule has 1 aromatic heterocycles. The minimum absolute atomic E-state index is 0.247. The number of nitrogens with zero attached hydrogens (tertiary/aromatic N) is 1. The van der Waals surface area contributed by atoms with Crippen LogP contribution >= 0.6 is 27.5 Å². The maximum Gasteiger partial charge on any atom is 0.153 e. The third-order valence-corrected chi connectivity index (χ3v) is 4.03. The van der Waals surface area contributed by atoms with Gasteiger partial charge in [0.25, 0.3) is 0 Å². The highest BCUT2D eigenvalue weighted by molar-refractivity contribution is 9.10. The van der Waals surface area contributed by atoms with Gasteiger partial charge in [-0.15, -0.1) is 0 Å². The van der Waals surface area contributed by atoms with Crippen LogP contribution in [0, 0.1) is 5.82 Å². The van der Waals surface area contributed by atoms with E-state index in [1.807, 2.05) is 6.07 Å². The summed E-state index contributed by atoms with van der Waals surface area (Å²) in [6.07, 6.45) is 0. The largest absolute Gasteiger partial charge is 0.382 e. The second kappa shape index (κ2) is 5.50. The fraction of sp³-hybridized carbons (Fsp3) is 0. The van der Waals surface area contributed by atoms with Crippen molar-refractivity contribution in [1.82, 2.24) is 10.2 Å². The lowest BCUT2D eigenvalue weighted by Gasteiger charge is -2.08. The molecule has 21 heavy (non-hydrogen) atoms. The lowest BCUT2D eigenvalue weighted by molar-refractivity contribution is 0.631. The van der Waals surface area contributed by atoms with Gasteiger partial charge in [-0.25, -0.2) is 4.39 Å². The molecule has 0 bridgehead atoms. The molecule has 0 saturated heterocycles. The van der Waals surface area contributed by atoms with Gasteiger partial charge in [0.1, 0.15) is 5.82 Å². The highest BCUT2D eigenvalue weighted by atomic mass is 79.9. The Bertz CT molecular complexity index is 816. The van der Waals surface area contributed by atoms with Crippen LogP contribution in [0.4, 0.5) is 10.2 Å². The van der Waals surface area contributed by atoms with Crippen LogP contribution in [0.25, 0.3) is 22.4 Å². The summed E-state index contributed by atoms with van der Waals surface area (Å²) < 4.78 is 14.8. The zero-order valence-corrected chi connectivity index (χ0v) is 13.0. The number of benzene rings is 2. The lowest BCUT2D eigenvalue weighted by Crippen LogP contribution is -1.91. The molecule has 0 atom stereocenters. The summed E-state index contributed by atoms with van der Waals surface area (Å²) in [5.74, 6) is -0.103. The molecule has 1 heterocycles. The van der Waals surface area contributed by atoms with E-state index in [1.165, 1.54) is 6.07 Å². The molecule has 6 heteroatoms. The zero-order valence-electron chi connectivity index (χ0n) is 10.7. The number of aromatic nitrogens is 2. The third-order valence-electron chi connectivity index (χ3n) is 3.14. The van der Waals surface area contributed by atoms with E-state index in [-0.39, 0.29) is 11.6 Å². The van der Waals surface area contributed by atoms with Gasteiger partial charge in [0.05, 0.1) is 11.3 Å². The third kappa shape index (κ3) is 2.54. The molecule has 0 aliphatic rings. The molecule has 0 spiro atoms. The fourth-order valence-electron chi connectivity index (χ4n) is 2.18. The first-order valence-corrected chi connectivity index (χ1v) is 7.29. The SMILES string of the molecule is Nc1n[nH]c(-c2ccc(Cl)cc2Br)c1-c1ccccc1F. The molecule has 0 aliphatic heterocycles. The Morgan fingerprint density at radius 3 is 2.62 bits per heavy atom. The van der Waals surface area contributed by atoms with Gasteiger partial charge in [-0.3, -0.25) is 5.10 Å². The van der Waals surface area contributed by atoms with Crippen molar-refractivity contribution in [2.75, 3.05) is 5.73 Å². The normalized spacial score (nSPS) is 10.8. The number of anilines is 1. The Balaban J connectivity index is 2.25. The number of hydrogen-bond acceptors (Lipinski definition) is 2. The topological polar surface area (TPSA) is 54.7 Å². The van der Waals surface area contributed by atoms with Crippen molar-refractivity contribution in [3.8, 4) is 22.4 Å². The minimum Gasteiger partial charge on any atom is -0.382 e. The predicted octanol–water partition coefficient (Wildman–Crippen LogP) is 4.88. The molecule has 0 amide bonds. The molecule has 2 aromatic carbocycles. The number of nitrogen functional groups attached to an aromatic ring is 1. The molecule has 3 rings (SSSR count). The predicted molar refractivity (Wildman–Crippen MR) is 86.5 cm³/mol. The van der Waals surface area contributed by atoms with Crippen molar-refractivity contribution in [2.24, 2.45) is 0 Å². The molecular formula is C15H10BrClFN3. The van der Waals surface area contributed by atoms with E-state index in [4.69, 9.17) is 17.3 Å². The Hall–Kier alpha value is -1.85. The van der Waals surface area contributed by atoms with Crippen molar-refractivity contribution in [2.45, 2.75) is 0 Å². The smallest absolute Gasteiger partial charge is 0.153 e. The van der Waals surface area contributed by atoms with Crippen LogP contribution in [0.3, 0.4) is 0 Å². The van der Waals surface area contributed by atoms with Crippen LogP contribution in [-0.4, -0.2) is 10.2 Å². The van der Waals surface area contributed by atoms with Crippen LogP contribution in [0.15, 0.2) is 46.9 Å². The summed E-state index contributed by atoms with van der Waals surface area (Å²) in [4.78, 5) is 0. The maximum atomic E-state index is 14.1. The van der Waals surface area contributed by atoms with Gasteiger partial charge in [-0.1, -0.05) is 51.8 Å². The van der Waals surface area contributed by atoms with E-state index in [0.717, 1.165) is 10.0 Å². The van der Waals surface area contributed by atoms with E-state index in [1.54, 1.807) is 30.3 Å². The molecule has 106 valence electrons. The van der Waals surface area contributed by atoms with Crippen LogP contribution < -0.4 is 5.73 Å². The Morgan fingerprint density at radius 2 is 1.90 bits per heavy atom. The molecule has 3 aromatic rings. The van der Waals surface area contributed by atoms with Gasteiger partial charge in [-0.05, 0) is 18.2 Å². The number of halogens is 3. The Kier molecular flexibility index (Phi) is 3.69. The summed E-state index contributed by atoms with van der Waals surface area (Å²) >= 11 is 9.40. The highest BCUT2D eigenvalue weighted by Gasteiger charge is 2.19. The number of nitrogens with two attached hydrogens (primary N) is 1. The van der Waals surface area contributed by atoms with Crippen LogP contribution in [0.5, 0.6) is 0 Å². The van der Waals surface area contributed by atoms with Crippen molar-refractivity contribution >= 4 is 33.3 Å². The molecule has 0 radical (unpaired) electrons.